The van der Waals surface area contributed by atoms with E-state index in [9.17, 15) is 0 Å². The standard InChI is InChI=1S/C8H10N4S/c9-4-7(8-2-1-3-13-8)12-6-10-5-11-12/h1-3,5-7H,4,9H2. The minimum atomic E-state index is 0.127. The Hall–Kier alpha value is -1.20. The van der Waals surface area contributed by atoms with Gasteiger partial charge in [0.1, 0.15) is 18.7 Å². The molecule has 1 atom stereocenters. The van der Waals surface area contributed by atoms with E-state index < -0.39 is 0 Å². The number of nitrogens with zero attached hydrogens (tertiary/aromatic N) is 3. The van der Waals surface area contributed by atoms with Crippen molar-refractivity contribution in [3.63, 3.8) is 0 Å². The highest BCUT2D eigenvalue weighted by molar-refractivity contribution is 7.10. The number of hydrogen-bond donors (Lipinski definition) is 1. The number of thiophene rings is 1. The first-order valence-corrected chi connectivity index (χ1v) is 4.87. The number of hydrogen-bond acceptors (Lipinski definition) is 4. The lowest BCUT2D eigenvalue weighted by molar-refractivity contribution is 0.538. The maximum absolute atomic E-state index is 5.67. The zero-order chi connectivity index (χ0) is 9.10. The lowest BCUT2D eigenvalue weighted by Crippen LogP contribution is -2.19. The molecule has 2 heterocycles. The molecule has 0 saturated carbocycles. The van der Waals surface area contributed by atoms with Crippen LogP contribution >= 0.6 is 11.3 Å². The van der Waals surface area contributed by atoms with Gasteiger partial charge in [0.05, 0.1) is 0 Å². The van der Waals surface area contributed by atoms with E-state index in [1.165, 1.54) is 11.2 Å². The molecule has 2 N–H and O–H groups in total. The summed E-state index contributed by atoms with van der Waals surface area (Å²) >= 11 is 1.69. The maximum Gasteiger partial charge on any atom is 0.137 e. The lowest BCUT2D eigenvalue weighted by Gasteiger charge is -2.11. The summed E-state index contributed by atoms with van der Waals surface area (Å²) in [5.74, 6) is 0. The van der Waals surface area contributed by atoms with Gasteiger partial charge >= 0.3 is 0 Å². The van der Waals surface area contributed by atoms with Crippen LogP contribution in [0.15, 0.2) is 30.2 Å². The van der Waals surface area contributed by atoms with Crippen LogP contribution in [-0.4, -0.2) is 21.3 Å². The molecule has 0 radical (unpaired) electrons. The zero-order valence-electron chi connectivity index (χ0n) is 7.00. The van der Waals surface area contributed by atoms with Gasteiger partial charge in [-0.2, -0.15) is 5.10 Å². The largest absolute Gasteiger partial charge is 0.328 e. The van der Waals surface area contributed by atoms with Crippen LogP contribution in [0.2, 0.25) is 0 Å². The van der Waals surface area contributed by atoms with E-state index in [0.29, 0.717) is 6.54 Å². The van der Waals surface area contributed by atoms with Gasteiger partial charge in [-0.3, -0.25) is 0 Å². The fourth-order valence-electron chi connectivity index (χ4n) is 1.21. The van der Waals surface area contributed by atoms with Crippen molar-refractivity contribution in [1.82, 2.24) is 14.8 Å². The Balaban J connectivity index is 2.29. The average Bonchev–Trinajstić information content (AvgIpc) is 2.76. The molecule has 2 aromatic heterocycles. The smallest absolute Gasteiger partial charge is 0.137 e. The van der Waals surface area contributed by atoms with Gasteiger partial charge in [0.25, 0.3) is 0 Å². The second-order valence-corrected chi connectivity index (χ2v) is 3.62. The van der Waals surface area contributed by atoms with Crippen LogP contribution in [0.1, 0.15) is 10.9 Å². The zero-order valence-corrected chi connectivity index (χ0v) is 7.81. The molecular weight excluding hydrogens is 184 g/mol. The summed E-state index contributed by atoms with van der Waals surface area (Å²) in [6.07, 6.45) is 3.22. The van der Waals surface area contributed by atoms with Crippen LogP contribution in [0.5, 0.6) is 0 Å². The molecule has 0 aliphatic rings. The molecule has 0 saturated heterocycles. The highest BCUT2D eigenvalue weighted by Crippen LogP contribution is 2.20. The summed E-state index contributed by atoms with van der Waals surface area (Å²) in [5, 5.41) is 6.11. The second-order valence-electron chi connectivity index (χ2n) is 2.64. The van der Waals surface area contributed by atoms with Crippen LogP contribution < -0.4 is 5.73 Å². The first-order chi connectivity index (χ1) is 6.42. The van der Waals surface area contributed by atoms with Crippen molar-refractivity contribution in [1.29, 1.82) is 0 Å². The van der Waals surface area contributed by atoms with Gasteiger partial charge in [0.2, 0.25) is 0 Å². The summed E-state index contributed by atoms with van der Waals surface area (Å²) in [6, 6.07) is 4.20. The van der Waals surface area contributed by atoms with Crippen LogP contribution in [0.3, 0.4) is 0 Å². The summed E-state index contributed by atoms with van der Waals surface area (Å²) in [5.41, 5.74) is 5.67. The molecule has 4 nitrogen and oxygen atoms in total. The molecule has 0 bridgehead atoms. The molecule has 1 unspecified atom stereocenters. The minimum absolute atomic E-state index is 0.127. The summed E-state index contributed by atoms with van der Waals surface area (Å²) in [7, 11) is 0. The first kappa shape index (κ1) is 8.40. The van der Waals surface area contributed by atoms with E-state index >= 15 is 0 Å². The Kier molecular flexibility index (Phi) is 2.37. The Bertz CT molecular complexity index is 306. The topological polar surface area (TPSA) is 56.7 Å². The van der Waals surface area contributed by atoms with E-state index in [1.807, 2.05) is 11.4 Å². The number of aromatic nitrogens is 3. The Labute approximate surface area is 80.0 Å². The van der Waals surface area contributed by atoms with Crippen LogP contribution in [0, 0.1) is 0 Å². The van der Waals surface area contributed by atoms with E-state index in [2.05, 4.69) is 16.1 Å². The van der Waals surface area contributed by atoms with E-state index in [4.69, 9.17) is 5.73 Å². The van der Waals surface area contributed by atoms with Crippen LogP contribution in [0.25, 0.3) is 0 Å². The monoisotopic (exact) mass is 194 g/mol. The maximum atomic E-state index is 5.67. The predicted molar refractivity (Wildman–Crippen MR) is 51.5 cm³/mol. The Morgan fingerprint density at radius 3 is 3.08 bits per heavy atom. The fourth-order valence-corrected chi connectivity index (χ4v) is 2.05. The summed E-state index contributed by atoms with van der Waals surface area (Å²) in [6.45, 7) is 0.546. The number of nitrogens with two attached hydrogens (primary N) is 1. The molecule has 0 aliphatic heterocycles. The van der Waals surface area contributed by atoms with Gasteiger partial charge in [0, 0.05) is 11.4 Å². The third-order valence-electron chi connectivity index (χ3n) is 1.85. The third kappa shape index (κ3) is 1.61. The molecule has 68 valence electrons. The van der Waals surface area contributed by atoms with Gasteiger partial charge in [0.15, 0.2) is 0 Å². The predicted octanol–water partition coefficient (Wildman–Crippen LogP) is 0.888. The van der Waals surface area contributed by atoms with Crippen molar-refractivity contribution >= 4 is 11.3 Å². The normalized spacial score (nSPS) is 13.0. The van der Waals surface area contributed by atoms with Crippen molar-refractivity contribution < 1.29 is 0 Å². The Morgan fingerprint density at radius 2 is 2.54 bits per heavy atom. The molecule has 0 fully saturated rings. The van der Waals surface area contributed by atoms with E-state index in [1.54, 1.807) is 22.3 Å². The van der Waals surface area contributed by atoms with Crippen LogP contribution in [-0.2, 0) is 0 Å². The summed E-state index contributed by atoms with van der Waals surface area (Å²) < 4.78 is 1.78. The lowest BCUT2D eigenvalue weighted by atomic mass is 10.2. The number of rotatable bonds is 3. The molecule has 5 heteroatoms. The van der Waals surface area contributed by atoms with Gasteiger partial charge in [-0.1, -0.05) is 6.07 Å². The highest BCUT2D eigenvalue weighted by Gasteiger charge is 2.12. The molecule has 13 heavy (non-hydrogen) atoms. The van der Waals surface area contributed by atoms with E-state index in [0.717, 1.165) is 0 Å². The van der Waals surface area contributed by atoms with Crippen molar-refractivity contribution in [2.24, 2.45) is 5.73 Å². The molecule has 2 aromatic rings. The average molecular weight is 194 g/mol. The van der Waals surface area contributed by atoms with Gasteiger partial charge in [-0.25, -0.2) is 9.67 Å². The Morgan fingerprint density at radius 1 is 1.62 bits per heavy atom. The second kappa shape index (κ2) is 3.68. The molecule has 2 rings (SSSR count). The van der Waals surface area contributed by atoms with Gasteiger partial charge in [-0.15, -0.1) is 11.3 Å². The SMILES string of the molecule is NCC(c1cccs1)n1cncn1. The van der Waals surface area contributed by atoms with Crippen molar-refractivity contribution in [2.75, 3.05) is 6.54 Å². The quantitative estimate of drug-likeness (QED) is 0.789. The first-order valence-electron chi connectivity index (χ1n) is 3.99. The molecule has 0 amide bonds. The fraction of sp³-hybridized carbons (Fsp3) is 0.250. The third-order valence-corrected chi connectivity index (χ3v) is 2.82. The van der Waals surface area contributed by atoms with Gasteiger partial charge < -0.3 is 5.73 Å². The van der Waals surface area contributed by atoms with Crippen molar-refractivity contribution in [3.8, 4) is 0 Å². The van der Waals surface area contributed by atoms with Gasteiger partial charge in [-0.05, 0) is 11.4 Å². The van der Waals surface area contributed by atoms with Crippen LogP contribution in [0.4, 0.5) is 0 Å². The molecule has 0 aromatic carbocycles. The molecule has 0 aliphatic carbocycles. The summed E-state index contributed by atoms with van der Waals surface area (Å²) in [4.78, 5) is 5.12. The van der Waals surface area contributed by atoms with Crippen molar-refractivity contribution in [3.05, 3.63) is 35.0 Å². The molecular formula is C8H10N4S. The highest BCUT2D eigenvalue weighted by atomic mass is 32.1. The van der Waals surface area contributed by atoms with Crippen molar-refractivity contribution in [2.45, 2.75) is 6.04 Å². The minimum Gasteiger partial charge on any atom is -0.328 e. The van der Waals surface area contributed by atoms with E-state index in [-0.39, 0.29) is 6.04 Å². The molecule has 0 spiro atoms.